The van der Waals surface area contributed by atoms with Crippen LogP contribution in [0.2, 0.25) is 0 Å². The highest BCUT2D eigenvalue weighted by atomic mass is 16.5. The van der Waals surface area contributed by atoms with Gasteiger partial charge in [0, 0.05) is 30.4 Å². The summed E-state index contributed by atoms with van der Waals surface area (Å²) in [4.78, 5) is 8.61. The molecule has 0 saturated carbocycles. The monoisotopic (exact) mass is 288 g/mol. The number of pyridine rings is 1. The second-order valence-electron chi connectivity index (χ2n) is 5.71. The minimum absolute atomic E-state index is 0.358. The Morgan fingerprint density at radius 3 is 2.81 bits per heavy atom. The number of hydrogen-bond donors (Lipinski definition) is 1. The fourth-order valence-corrected chi connectivity index (χ4v) is 2.23. The number of aryl methyl sites for hydroxylation is 1. The van der Waals surface area contributed by atoms with E-state index < -0.39 is 0 Å². The summed E-state index contributed by atoms with van der Waals surface area (Å²) >= 11 is 0. The van der Waals surface area contributed by atoms with Gasteiger partial charge >= 0.3 is 0 Å². The minimum Gasteiger partial charge on any atom is -0.339 e. The highest BCUT2D eigenvalue weighted by molar-refractivity contribution is 5.57. The fourth-order valence-electron chi connectivity index (χ4n) is 2.23. The Labute approximate surface area is 126 Å². The Kier molecular flexibility index (Phi) is 5.44. The van der Waals surface area contributed by atoms with Crippen molar-refractivity contribution in [3.8, 4) is 11.4 Å². The van der Waals surface area contributed by atoms with Crippen molar-refractivity contribution < 1.29 is 4.52 Å². The molecule has 2 rings (SSSR count). The molecule has 0 amide bonds. The van der Waals surface area contributed by atoms with Crippen molar-refractivity contribution in [2.24, 2.45) is 5.92 Å². The molecule has 0 aliphatic rings. The highest BCUT2D eigenvalue weighted by Crippen LogP contribution is 2.19. The third-order valence-corrected chi connectivity index (χ3v) is 3.59. The van der Waals surface area contributed by atoms with Gasteiger partial charge in [0.05, 0.1) is 0 Å². The third-order valence-electron chi connectivity index (χ3n) is 3.59. The quantitative estimate of drug-likeness (QED) is 0.848. The molecular formula is C16H24N4O. The van der Waals surface area contributed by atoms with Gasteiger partial charge in [-0.3, -0.25) is 4.98 Å². The number of nitrogens with one attached hydrogen (secondary N) is 1. The van der Waals surface area contributed by atoms with Gasteiger partial charge in [-0.15, -0.1) is 0 Å². The lowest BCUT2D eigenvalue weighted by Crippen LogP contribution is -2.36. The molecule has 0 bridgehead atoms. The molecule has 0 aliphatic carbocycles. The topological polar surface area (TPSA) is 63.8 Å². The normalized spacial score (nSPS) is 12.8. The maximum atomic E-state index is 5.41. The first-order valence-electron chi connectivity index (χ1n) is 7.58. The van der Waals surface area contributed by atoms with Crippen LogP contribution in [-0.4, -0.2) is 27.7 Å². The lowest BCUT2D eigenvalue weighted by molar-refractivity contribution is 0.326. The molecular weight excluding hydrogens is 264 g/mol. The van der Waals surface area contributed by atoms with Gasteiger partial charge < -0.3 is 9.84 Å². The maximum absolute atomic E-state index is 5.41. The highest BCUT2D eigenvalue weighted by Gasteiger charge is 2.18. The van der Waals surface area contributed by atoms with E-state index >= 15 is 0 Å². The second kappa shape index (κ2) is 7.31. The number of nitrogens with zero attached hydrogens (tertiary/aromatic N) is 3. The molecule has 1 unspecified atom stereocenters. The average molecular weight is 288 g/mol. The maximum Gasteiger partial charge on any atom is 0.228 e. The van der Waals surface area contributed by atoms with Crippen molar-refractivity contribution in [1.82, 2.24) is 20.4 Å². The van der Waals surface area contributed by atoms with E-state index in [9.17, 15) is 0 Å². The van der Waals surface area contributed by atoms with Crippen molar-refractivity contribution in [3.63, 3.8) is 0 Å². The SMILES string of the molecule is CCCNC(Cc1nc(-c2ccncc2C)no1)C(C)C. The van der Waals surface area contributed by atoms with E-state index in [0.29, 0.717) is 23.7 Å². The van der Waals surface area contributed by atoms with Crippen LogP contribution in [0.5, 0.6) is 0 Å². The zero-order valence-electron chi connectivity index (χ0n) is 13.3. The summed E-state index contributed by atoms with van der Waals surface area (Å²) in [5.74, 6) is 1.85. The van der Waals surface area contributed by atoms with Gasteiger partial charge in [-0.1, -0.05) is 25.9 Å². The zero-order valence-corrected chi connectivity index (χ0v) is 13.3. The summed E-state index contributed by atoms with van der Waals surface area (Å²) in [5, 5.41) is 7.64. The molecule has 1 N–H and O–H groups in total. The van der Waals surface area contributed by atoms with Crippen LogP contribution in [-0.2, 0) is 6.42 Å². The van der Waals surface area contributed by atoms with Crippen molar-refractivity contribution in [3.05, 3.63) is 29.9 Å². The number of rotatable bonds is 7. The van der Waals surface area contributed by atoms with E-state index in [1.807, 2.05) is 19.2 Å². The minimum atomic E-state index is 0.358. The first kappa shape index (κ1) is 15.6. The summed E-state index contributed by atoms with van der Waals surface area (Å²) < 4.78 is 5.41. The van der Waals surface area contributed by atoms with Crippen LogP contribution < -0.4 is 5.32 Å². The molecule has 2 aromatic heterocycles. The van der Waals surface area contributed by atoms with Crippen molar-refractivity contribution in [2.45, 2.75) is 46.6 Å². The Morgan fingerprint density at radius 2 is 2.14 bits per heavy atom. The van der Waals surface area contributed by atoms with Crippen LogP contribution in [0.3, 0.4) is 0 Å². The molecule has 2 aromatic rings. The van der Waals surface area contributed by atoms with Gasteiger partial charge in [-0.05, 0) is 37.4 Å². The molecule has 0 radical (unpaired) electrons. The number of aromatic nitrogens is 3. The summed E-state index contributed by atoms with van der Waals surface area (Å²) in [7, 11) is 0. The average Bonchev–Trinajstić information content (AvgIpc) is 2.92. The van der Waals surface area contributed by atoms with Crippen LogP contribution in [0.1, 0.15) is 38.6 Å². The molecule has 0 saturated heterocycles. The lowest BCUT2D eigenvalue weighted by atomic mass is 10.0. The van der Waals surface area contributed by atoms with Crippen LogP contribution in [0.15, 0.2) is 23.0 Å². The fraction of sp³-hybridized carbons (Fsp3) is 0.562. The Bertz CT molecular complexity index is 565. The molecule has 0 spiro atoms. The van der Waals surface area contributed by atoms with Crippen molar-refractivity contribution in [1.29, 1.82) is 0 Å². The van der Waals surface area contributed by atoms with Crippen molar-refractivity contribution in [2.75, 3.05) is 6.54 Å². The number of hydrogen-bond acceptors (Lipinski definition) is 5. The van der Waals surface area contributed by atoms with E-state index in [2.05, 4.69) is 41.2 Å². The van der Waals surface area contributed by atoms with E-state index in [1.54, 1.807) is 6.20 Å². The first-order valence-corrected chi connectivity index (χ1v) is 7.58. The van der Waals surface area contributed by atoms with Gasteiger partial charge in [0.25, 0.3) is 0 Å². The van der Waals surface area contributed by atoms with E-state index in [4.69, 9.17) is 4.52 Å². The van der Waals surface area contributed by atoms with Gasteiger partial charge in [0.2, 0.25) is 11.7 Å². The predicted molar refractivity (Wildman–Crippen MR) is 82.9 cm³/mol. The van der Waals surface area contributed by atoms with Gasteiger partial charge in [0.15, 0.2) is 0 Å². The smallest absolute Gasteiger partial charge is 0.228 e. The molecule has 0 aromatic carbocycles. The Hall–Kier alpha value is -1.75. The van der Waals surface area contributed by atoms with Crippen LogP contribution in [0, 0.1) is 12.8 Å². The molecule has 5 nitrogen and oxygen atoms in total. The second-order valence-corrected chi connectivity index (χ2v) is 5.71. The summed E-state index contributed by atoms with van der Waals surface area (Å²) in [6.45, 7) is 9.59. The van der Waals surface area contributed by atoms with Crippen LogP contribution in [0.4, 0.5) is 0 Å². The van der Waals surface area contributed by atoms with Crippen LogP contribution >= 0.6 is 0 Å². The van der Waals surface area contributed by atoms with Gasteiger partial charge in [-0.25, -0.2) is 0 Å². The Balaban J connectivity index is 2.10. The van der Waals surface area contributed by atoms with Gasteiger partial charge in [0.1, 0.15) is 0 Å². The predicted octanol–water partition coefficient (Wildman–Crippen LogP) is 3.01. The molecule has 1 atom stereocenters. The van der Waals surface area contributed by atoms with Crippen LogP contribution in [0.25, 0.3) is 11.4 Å². The van der Waals surface area contributed by atoms with E-state index in [1.165, 1.54) is 0 Å². The molecule has 21 heavy (non-hydrogen) atoms. The zero-order chi connectivity index (χ0) is 15.2. The van der Waals surface area contributed by atoms with Gasteiger partial charge in [-0.2, -0.15) is 4.98 Å². The largest absolute Gasteiger partial charge is 0.339 e. The Morgan fingerprint density at radius 1 is 1.33 bits per heavy atom. The summed E-state index contributed by atoms with van der Waals surface area (Å²) in [5.41, 5.74) is 2.02. The lowest BCUT2D eigenvalue weighted by Gasteiger charge is -2.20. The first-order chi connectivity index (χ1) is 10.1. The molecule has 5 heteroatoms. The summed E-state index contributed by atoms with van der Waals surface area (Å²) in [6, 6.07) is 2.27. The molecule has 0 fully saturated rings. The summed E-state index contributed by atoms with van der Waals surface area (Å²) in [6.07, 6.45) is 5.44. The van der Waals surface area contributed by atoms with Crippen molar-refractivity contribution >= 4 is 0 Å². The van der Waals surface area contributed by atoms with E-state index in [-0.39, 0.29) is 0 Å². The third kappa shape index (κ3) is 4.11. The molecule has 2 heterocycles. The van der Waals surface area contributed by atoms with E-state index in [0.717, 1.165) is 30.5 Å². The molecule has 0 aliphatic heterocycles. The standard InChI is InChI=1S/C16H24N4O/c1-5-7-18-14(11(2)3)9-15-19-16(20-21-15)13-6-8-17-10-12(13)4/h6,8,10-11,14,18H,5,7,9H2,1-4H3. The molecule has 114 valence electrons.